The van der Waals surface area contributed by atoms with Crippen LogP contribution in [0.2, 0.25) is 0 Å². The molecule has 0 saturated heterocycles. The number of urea groups is 1. The van der Waals surface area contributed by atoms with Crippen LogP contribution in [0, 0.1) is 11.3 Å². The van der Waals surface area contributed by atoms with Crippen molar-refractivity contribution in [2.45, 2.75) is 25.2 Å². The summed E-state index contributed by atoms with van der Waals surface area (Å²) in [6.45, 7) is 2.79. The van der Waals surface area contributed by atoms with E-state index in [1.807, 2.05) is 31.2 Å². The van der Waals surface area contributed by atoms with E-state index in [9.17, 15) is 4.79 Å². The SMILES string of the molecule is CCCN(C)C(=O)NC.N#CC1(CO)Cc2ccccc21.[W]. The van der Waals surface area contributed by atoms with E-state index in [-0.39, 0.29) is 33.7 Å². The van der Waals surface area contributed by atoms with E-state index >= 15 is 0 Å². The Morgan fingerprint density at radius 3 is 2.59 bits per heavy atom. The second-order valence-corrected chi connectivity index (χ2v) is 5.16. The molecule has 0 radical (unpaired) electrons. The maximum atomic E-state index is 10.7. The van der Waals surface area contributed by atoms with Crippen molar-refractivity contribution in [1.29, 1.82) is 5.26 Å². The molecule has 0 bridgehead atoms. The van der Waals surface area contributed by atoms with Crippen molar-refractivity contribution < 1.29 is 31.0 Å². The minimum Gasteiger partial charge on any atom is -0.394 e. The van der Waals surface area contributed by atoms with Gasteiger partial charge < -0.3 is 15.3 Å². The van der Waals surface area contributed by atoms with Crippen molar-refractivity contribution in [2.75, 3.05) is 27.2 Å². The summed E-state index contributed by atoms with van der Waals surface area (Å²) in [4.78, 5) is 12.4. The Hall–Kier alpha value is -1.37. The fourth-order valence-electron chi connectivity index (χ4n) is 2.36. The normalized spacial score (nSPS) is 17.4. The van der Waals surface area contributed by atoms with E-state index in [4.69, 9.17) is 10.4 Å². The third kappa shape index (κ3) is 4.56. The van der Waals surface area contributed by atoms with Crippen molar-refractivity contribution in [1.82, 2.24) is 10.2 Å². The minimum atomic E-state index is -0.601. The summed E-state index contributed by atoms with van der Waals surface area (Å²) in [6.07, 6.45) is 1.69. The molecule has 6 heteroatoms. The van der Waals surface area contributed by atoms with Crippen LogP contribution in [-0.4, -0.2) is 43.3 Å². The molecule has 120 valence electrons. The van der Waals surface area contributed by atoms with E-state index in [1.165, 1.54) is 5.56 Å². The van der Waals surface area contributed by atoms with Gasteiger partial charge in [-0.1, -0.05) is 31.2 Å². The molecule has 2 amide bonds. The van der Waals surface area contributed by atoms with Gasteiger partial charge in [0.15, 0.2) is 0 Å². The Morgan fingerprint density at radius 1 is 1.50 bits per heavy atom. The quantitative estimate of drug-likeness (QED) is 0.702. The number of hydrogen-bond acceptors (Lipinski definition) is 3. The first kappa shape index (κ1) is 20.6. The number of nitrogens with one attached hydrogen (secondary N) is 1. The molecule has 5 nitrogen and oxygen atoms in total. The average molecular weight is 473 g/mol. The first-order chi connectivity index (χ1) is 10.0. The second-order valence-electron chi connectivity index (χ2n) is 5.16. The number of nitrogens with zero attached hydrogens (tertiary/aromatic N) is 2. The van der Waals surface area contributed by atoms with Gasteiger partial charge in [0, 0.05) is 41.7 Å². The molecular weight excluding hydrogens is 450 g/mol. The van der Waals surface area contributed by atoms with Crippen molar-refractivity contribution in [3.8, 4) is 6.07 Å². The summed E-state index contributed by atoms with van der Waals surface area (Å²) < 4.78 is 0. The number of carbonyl (C=O) groups excluding carboxylic acids is 1. The van der Waals surface area contributed by atoms with E-state index in [2.05, 4.69) is 11.4 Å². The number of amides is 2. The third-order valence-corrected chi connectivity index (χ3v) is 3.63. The predicted molar refractivity (Wildman–Crippen MR) is 81.9 cm³/mol. The Kier molecular flexibility index (Phi) is 9.01. The van der Waals surface area contributed by atoms with E-state index in [0.29, 0.717) is 6.42 Å². The predicted octanol–water partition coefficient (Wildman–Crippen LogP) is 1.66. The Morgan fingerprint density at radius 2 is 2.14 bits per heavy atom. The summed E-state index contributed by atoms with van der Waals surface area (Å²) in [5.41, 5.74) is 1.58. The number of rotatable bonds is 3. The number of benzene rings is 1. The molecule has 1 aliphatic rings. The molecule has 0 saturated carbocycles. The largest absolute Gasteiger partial charge is 0.394 e. The zero-order valence-electron chi connectivity index (χ0n) is 13.3. The van der Waals surface area contributed by atoms with Crippen LogP contribution < -0.4 is 5.32 Å². The van der Waals surface area contributed by atoms with Gasteiger partial charge >= 0.3 is 6.03 Å². The van der Waals surface area contributed by atoms with Crippen LogP contribution in [0.5, 0.6) is 0 Å². The second kappa shape index (κ2) is 9.61. The number of nitriles is 1. The van der Waals surface area contributed by atoms with Gasteiger partial charge in [0.25, 0.3) is 0 Å². The van der Waals surface area contributed by atoms with Gasteiger partial charge in [-0.05, 0) is 24.0 Å². The van der Waals surface area contributed by atoms with Crippen LogP contribution in [0.25, 0.3) is 0 Å². The number of aliphatic hydroxyl groups is 1. The van der Waals surface area contributed by atoms with Gasteiger partial charge in [0.1, 0.15) is 5.41 Å². The zero-order chi connectivity index (χ0) is 15.9. The minimum absolute atomic E-state index is 0. The van der Waals surface area contributed by atoms with Gasteiger partial charge in [-0.15, -0.1) is 0 Å². The molecule has 1 aliphatic carbocycles. The molecule has 0 aromatic heterocycles. The van der Waals surface area contributed by atoms with Gasteiger partial charge in [-0.25, -0.2) is 4.79 Å². The molecule has 22 heavy (non-hydrogen) atoms. The molecule has 0 aliphatic heterocycles. The van der Waals surface area contributed by atoms with E-state index in [0.717, 1.165) is 18.5 Å². The number of hydrogen-bond donors (Lipinski definition) is 2. The van der Waals surface area contributed by atoms with Crippen LogP contribution in [0.3, 0.4) is 0 Å². The fourth-order valence-corrected chi connectivity index (χ4v) is 2.36. The van der Waals surface area contributed by atoms with E-state index in [1.54, 1.807) is 19.0 Å². The van der Waals surface area contributed by atoms with Crippen LogP contribution in [0.1, 0.15) is 24.5 Å². The van der Waals surface area contributed by atoms with E-state index < -0.39 is 5.41 Å². The maximum Gasteiger partial charge on any atom is 0.316 e. The molecule has 1 aromatic carbocycles. The first-order valence-electron chi connectivity index (χ1n) is 7.08. The standard InChI is InChI=1S/C10H9NO.C6H14N2O.W/c11-6-10(7-12)5-8-3-1-2-4-9(8)10;1-4-5-8(3)6(9)7-2;/h1-4,12H,5,7H2;4-5H2,1-3H3,(H,7,9);. The molecule has 1 atom stereocenters. The monoisotopic (exact) mass is 473 g/mol. The fraction of sp³-hybridized carbons (Fsp3) is 0.500. The van der Waals surface area contributed by atoms with Crippen molar-refractivity contribution in [2.24, 2.45) is 0 Å². The summed E-state index contributed by atoms with van der Waals surface area (Å²) in [5, 5.41) is 20.5. The van der Waals surface area contributed by atoms with Crippen molar-refractivity contribution in [3.63, 3.8) is 0 Å². The molecule has 1 unspecified atom stereocenters. The molecule has 0 fully saturated rings. The summed E-state index contributed by atoms with van der Waals surface area (Å²) >= 11 is 0. The molecule has 2 N–H and O–H groups in total. The summed E-state index contributed by atoms with van der Waals surface area (Å²) in [5.74, 6) is 0. The Labute approximate surface area is 146 Å². The Bertz CT molecular complexity index is 530. The topological polar surface area (TPSA) is 76.4 Å². The van der Waals surface area contributed by atoms with Crippen LogP contribution >= 0.6 is 0 Å². The van der Waals surface area contributed by atoms with Crippen molar-refractivity contribution in [3.05, 3.63) is 35.4 Å². The first-order valence-corrected chi connectivity index (χ1v) is 7.08. The van der Waals surface area contributed by atoms with Crippen molar-refractivity contribution >= 4 is 6.03 Å². The smallest absolute Gasteiger partial charge is 0.316 e. The summed E-state index contributed by atoms with van der Waals surface area (Å²) in [7, 11) is 3.41. The number of carbonyl (C=O) groups is 1. The maximum absolute atomic E-state index is 10.7. The molecule has 0 heterocycles. The third-order valence-electron chi connectivity index (χ3n) is 3.63. The van der Waals surface area contributed by atoms with Gasteiger partial charge in [-0.3, -0.25) is 0 Å². The Balaban J connectivity index is 0.000000402. The summed E-state index contributed by atoms with van der Waals surface area (Å²) in [6, 6.07) is 9.93. The number of fused-ring (bicyclic) bond motifs is 1. The van der Waals surface area contributed by atoms with Gasteiger partial charge in [0.2, 0.25) is 0 Å². The van der Waals surface area contributed by atoms with Crippen LogP contribution in [0.15, 0.2) is 24.3 Å². The average Bonchev–Trinajstić information content (AvgIpc) is 2.49. The van der Waals surface area contributed by atoms with Gasteiger partial charge in [-0.2, -0.15) is 5.26 Å². The molecular formula is C16H23N3O2W. The number of aliphatic hydroxyl groups excluding tert-OH is 1. The molecule has 2 rings (SSSR count). The van der Waals surface area contributed by atoms with Crippen LogP contribution in [-0.2, 0) is 32.9 Å². The van der Waals surface area contributed by atoms with Gasteiger partial charge in [0.05, 0.1) is 12.7 Å². The zero-order valence-corrected chi connectivity index (χ0v) is 16.2. The molecule has 0 spiro atoms. The van der Waals surface area contributed by atoms with Crippen LogP contribution in [0.4, 0.5) is 4.79 Å². The molecule has 1 aromatic rings.